The Morgan fingerprint density at radius 3 is 3.08 bits per heavy atom. The Morgan fingerprint density at radius 2 is 2.42 bits per heavy atom. The zero-order valence-corrected chi connectivity index (χ0v) is 7.92. The van der Waals surface area contributed by atoms with Gasteiger partial charge in [-0.15, -0.1) is 0 Å². The standard InChI is InChI=1S/C10H18N2/c1-2-10-5-3-7-12(9-10)8-4-6-11/h10H,2-5,7-9H2,1H3/t10-/m1/s1. The molecule has 1 aliphatic heterocycles. The van der Waals surface area contributed by atoms with Gasteiger partial charge in [0, 0.05) is 19.5 Å². The topological polar surface area (TPSA) is 27.0 Å². The maximum absolute atomic E-state index is 8.44. The first-order valence-electron chi connectivity index (χ1n) is 4.96. The van der Waals surface area contributed by atoms with E-state index in [-0.39, 0.29) is 0 Å². The van der Waals surface area contributed by atoms with Gasteiger partial charge in [-0.2, -0.15) is 5.26 Å². The molecule has 12 heavy (non-hydrogen) atoms. The van der Waals surface area contributed by atoms with Crippen LogP contribution in [0.4, 0.5) is 0 Å². The SMILES string of the molecule is CC[C@@H]1CCCN(CCC#N)C1. The minimum Gasteiger partial charge on any atom is -0.302 e. The number of rotatable bonds is 3. The van der Waals surface area contributed by atoms with E-state index in [4.69, 9.17) is 5.26 Å². The minimum atomic E-state index is 0.691. The van der Waals surface area contributed by atoms with Gasteiger partial charge in [-0.25, -0.2) is 0 Å². The summed E-state index contributed by atoms with van der Waals surface area (Å²) in [6.07, 6.45) is 4.70. The van der Waals surface area contributed by atoms with Gasteiger partial charge in [0.05, 0.1) is 6.07 Å². The lowest BCUT2D eigenvalue weighted by Gasteiger charge is -2.31. The summed E-state index contributed by atoms with van der Waals surface area (Å²) in [5.74, 6) is 0.887. The first kappa shape index (κ1) is 9.54. The molecule has 0 saturated carbocycles. The van der Waals surface area contributed by atoms with Crippen molar-refractivity contribution in [1.29, 1.82) is 5.26 Å². The van der Waals surface area contributed by atoms with Crippen molar-refractivity contribution in [1.82, 2.24) is 4.90 Å². The highest BCUT2D eigenvalue weighted by Gasteiger charge is 2.17. The Balaban J connectivity index is 2.22. The van der Waals surface area contributed by atoms with E-state index in [9.17, 15) is 0 Å². The third-order valence-electron chi connectivity index (χ3n) is 2.72. The lowest BCUT2D eigenvalue weighted by atomic mass is 9.96. The molecule has 0 aliphatic carbocycles. The van der Waals surface area contributed by atoms with Crippen LogP contribution in [0.5, 0.6) is 0 Å². The normalized spacial score (nSPS) is 25.2. The Bertz CT molecular complexity index is 160. The molecule has 1 aliphatic rings. The molecule has 68 valence electrons. The first-order valence-corrected chi connectivity index (χ1v) is 4.96. The van der Waals surface area contributed by atoms with Crippen LogP contribution < -0.4 is 0 Å². The quantitative estimate of drug-likeness (QED) is 0.641. The van der Waals surface area contributed by atoms with Crippen LogP contribution >= 0.6 is 0 Å². The molecule has 0 aromatic carbocycles. The Hall–Kier alpha value is -0.550. The Kier molecular flexibility index (Phi) is 4.10. The molecular weight excluding hydrogens is 148 g/mol. The van der Waals surface area contributed by atoms with E-state index in [1.165, 1.54) is 32.4 Å². The maximum atomic E-state index is 8.44. The highest BCUT2D eigenvalue weighted by atomic mass is 15.1. The van der Waals surface area contributed by atoms with Crippen molar-refractivity contribution in [2.24, 2.45) is 5.92 Å². The highest BCUT2D eigenvalue weighted by Crippen LogP contribution is 2.18. The summed E-state index contributed by atoms with van der Waals surface area (Å²) in [6, 6.07) is 2.21. The molecule has 1 heterocycles. The van der Waals surface area contributed by atoms with Gasteiger partial charge in [0.15, 0.2) is 0 Å². The number of hydrogen-bond acceptors (Lipinski definition) is 2. The van der Waals surface area contributed by atoms with Gasteiger partial charge >= 0.3 is 0 Å². The summed E-state index contributed by atoms with van der Waals surface area (Å²) in [6.45, 7) is 5.67. The van der Waals surface area contributed by atoms with Gasteiger partial charge in [0.1, 0.15) is 0 Å². The van der Waals surface area contributed by atoms with Crippen LogP contribution in [-0.4, -0.2) is 24.5 Å². The summed E-state index contributed by atoms with van der Waals surface area (Å²) < 4.78 is 0. The van der Waals surface area contributed by atoms with Crippen molar-refractivity contribution >= 4 is 0 Å². The number of likely N-dealkylation sites (tertiary alicyclic amines) is 1. The van der Waals surface area contributed by atoms with E-state index in [1.807, 2.05) is 0 Å². The molecule has 0 unspecified atom stereocenters. The van der Waals surface area contributed by atoms with E-state index in [1.54, 1.807) is 0 Å². The van der Waals surface area contributed by atoms with Crippen LogP contribution in [-0.2, 0) is 0 Å². The van der Waals surface area contributed by atoms with Gasteiger partial charge in [-0.1, -0.05) is 13.3 Å². The summed E-state index contributed by atoms with van der Waals surface area (Å²) >= 11 is 0. The summed E-state index contributed by atoms with van der Waals surface area (Å²) in [5.41, 5.74) is 0. The number of nitrogens with zero attached hydrogens (tertiary/aromatic N) is 2. The van der Waals surface area contributed by atoms with Crippen molar-refractivity contribution in [2.45, 2.75) is 32.6 Å². The van der Waals surface area contributed by atoms with Crippen LogP contribution in [0.1, 0.15) is 32.6 Å². The highest BCUT2D eigenvalue weighted by molar-refractivity contribution is 4.76. The van der Waals surface area contributed by atoms with Crippen molar-refractivity contribution in [2.75, 3.05) is 19.6 Å². The number of hydrogen-bond donors (Lipinski definition) is 0. The first-order chi connectivity index (χ1) is 5.86. The molecule has 0 aromatic heterocycles. The zero-order chi connectivity index (χ0) is 8.81. The van der Waals surface area contributed by atoms with Crippen LogP contribution in [0, 0.1) is 17.2 Å². The largest absolute Gasteiger partial charge is 0.302 e. The van der Waals surface area contributed by atoms with Crippen LogP contribution in [0.3, 0.4) is 0 Å². The number of nitriles is 1. The molecular formula is C10H18N2. The molecule has 0 radical (unpaired) electrons. The van der Waals surface area contributed by atoms with Crippen LogP contribution in [0.15, 0.2) is 0 Å². The minimum absolute atomic E-state index is 0.691. The lowest BCUT2D eigenvalue weighted by molar-refractivity contribution is 0.175. The molecule has 0 spiro atoms. The Morgan fingerprint density at radius 1 is 1.58 bits per heavy atom. The van der Waals surface area contributed by atoms with E-state index in [2.05, 4.69) is 17.9 Å². The van der Waals surface area contributed by atoms with Crippen LogP contribution in [0.2, 0.25) is 0 Å². The molecule has 0 aromatic rings. The average molecular weight is 166 g/mol. The second kappa shape index (κ2) is 5.16. The van der Waals surface area contributed by atoms with Gasteiger partial charge in [0.2, 0.25) is 0 Å². The fourth-order valence-corrected chi connectivity index (χ4v) is 1.90. The van der Waals surface area contributed by atoms with E-state index < -0.39 is 0 Å². The molecule has 1 rings (SSSR count). The fraction of sp³-hybridized carbons (Fsp3) is 0.900. The van der Waals surface area contributed by atoms with E-state index in [0.717, 1.165) is 12.5 Å². The number of piperidine rings is 1. The van der Waals surface area contributed by atoms with E-state index in [0.29, 0.717) is 6.42 Å². The second-order valence-corrected chi connectivity index (χ2v) is 3.63. The van der Waals surface area contributed by atoms with Crippen LogP contribution in [0.25, 0.3) is 0 Å². The van der Waals surface area contributed by atoms with Gasteiger partial charge in [-0.05, 0) is 25.3 Å². The monoisotopic (exact) mass is 166 g/mol. The van der Waals surface area contributed by atoms with Crippen molar-refractivity contribution < 1.29 is 0 Å². The zero-order valence-electron chi connectivity index (χ0n) is 7.92. The fourth-order valence-electron chi connectivity index (χ4n) is 1.90. The molecule has 2 heteroatoms. The smallest absolute Gasteiger partial charge is 0.0635 e. The molecule has 0 amide bonds. The average Bonchev–Trinajstić information content (AvgIpc) is 2.15. The third-order valence-corrected chi connectivity index (χ3v) is 2.72. The molecule has 0 bridgehead atoms. The maximum Gasteiger partial charge on any atom is 0.0635 e. The predicted molar refractivity (Wildman–Crippen MR) is 49.7 cm³/mol. The molecule has 1 atom stereocenters. The second-order valence-electron chi connectivity index (χ2n) is 3.63. The Labute approximate surface area is 75.2 Å². The predicted octanol–water partition coefficient (Wildman–Crippen LogP) is 2.02. The van der Waals surface area contributed by atoms with Crippen molar-refractivity contribution in [3.8, 4) is 6.07 Å². The van der Waals surface area contributed by atoms with Gasteiger partial charge < -0.3 is 4.90 Å². The molecule has 0 N–H and O–H groups in total. The van der Waals surface area contributed by atoms with Crippen molar-refractivity contribution in [3.05, 3.63) is 0 Å². The van der Waals surface area contributed by atoms with Crippen molar-refractivity contribution in [3.63, 3.8) is 0 Å². The van der Waals surface area contributed by atoms with Gasteiger partial charge in [0.25, 0.3) is 0 Å². The summed E-state index contributed by atoms with van der Waals surface area (Å²) in [4.78, 5) is 2.43. The summed E-state index contributed by atoms with van der Waals surface area (Å²) in [5, 5.41) is 8.44. The lowest BCUT2D eigenvalue weighted by Crippen LogP contribution is -2.35. The molecule has 1 fully saturated rings. The third kappa shape index (κ3) is 2.83. The summed E-state index contributed by atoms with van der Waals surface area (Å²) in [7, 11) is 0. The van der Waals surface area contributed by atoms with Gasteiger partial charge in [-0.3, -0.25) is 0 Å². The van der Waals surface area contributed by atoms with E-state index >= 15 is 0 Å². The molecule has 2 nitrogen and oxygen atoms in total. The molecule has 1 saturated heterocycles.